The van der Waals surface area contributed by atoms with Crippen LogP contribution in [0.15, 0.2) is 0 Å². The summed E-state index contributed by atoms with van der Waals surface area (Å²) < 4.78 is 5.20. The second-order valence-corrected chi connectivity index (χ2v) is 3.33. The minimum absolute atomic E-state index is 0.0117. The zero-order chi connectivity index (χ0) is 10.6. The lowest BCUT2D eigenvalue weighted by Crippen LogP contribution is -2.56. The van der Waals surface area contributed by atoms with Gasteiger partial charge in [0.15, 0.2) is 0 Å². The minimum Gasteiger partial charge on any atom is -0.395 e. The van der Waals surface area contributed by atoms with Gasteiger partial charge >= 0.3 is 0 Å². The fraction of sp³-hybridized carbons (Fsp3) is 0.875. The van der Waals surface area contributed by atoms with Crippen LogP contribution in [0.25, 0.3) is 0 Å². The van der Waals surface area contributed by atoms with Crippen LogP contribution >= 0.6 is 0 Å². The van der Waals surface area contributed by atoms with Gasteiger partial charge in [-0.2, -0.15) is 0 Å². The van der Waals surface area contributed by atoms with E-state index in [1.165, 1.54) is 0 Å². The van der Waals surface area contributed by atoms with Crippen LogP contribution < -0.4 is 11.3 Å². The number of rotatable bonds is 3. The van der Waals surface area contributed by atoms with E-state index in [2.05, 4.69) is 5.43 Å². The number of nitrogens with one attached hydrogen (secondary N) is 1. The van der Waals surface area contributed by atoms with E-state index in [-0.39, 0.29) is 24.6 Å². The Morgan fingerprint density at radius 1 is 1.86 bits per heavy atom. The molecule has 0 aromatic rings. The molecule has 0 aliphatic carbocycles. The van der Waals surface area contributed by atoms with Gasteiger partial charge in [0.1, 0.15) is 0 Å². The molecule has 82 valence electrons. The van der Waals surface area contributed by atoms with Crippen LogP contribution in [-0.2, 0) is 9.53 Å². The van der Waals surface area contributed by atoms with Crippen molar-refractivity contribution in [2.24, 2.45) is 5.84 Å². The molecule has 6 nitrogen and oxygen atoms in total. The van der Waals surface area contributed by atoms with Gasteiger partial charge in [-0.05, 0) is 6.92 Å². The standard InChI is InChI=1S/C8H17N3O3/c1-6(8(13)10-9)11-2-3-14-5-7(11)4-12/h6-7,12H,2-5,9H2,1H3,(H,10,13). The Balaban J connectivity index is 2.58. The Morgan fingerprint density at radius 2 is 2.57 bits per heavy atom. The van der Waals surface area contributed by atoms with Crippen LogP contribution in [0.4, 0.5) is 0 Å². The molecule has 1 saturated heterocycles. The van der Waals surface area contributed by atoms with Crippen LogP contribution in [0.3, 0.4) is 0 Å². The van der Waals surface area contributed by atoms with Crippen LogP contribution in [0, 0.1) is 0 Å². The second kappa shape index (κ2) is 5.26. The van der Waals surface area contributed by atoms with Gasteiger partial charge in [0.05, 0.1) is 31.9 Å². The molecular formula is C8H17N3O3. The highest BCUT2D eigenvalue weighted by Gasteiger charge is 2.29. The van der Waals surface area contributed by atoms with Gasteiger partial charge in [-0.1, -0.05) is 0 Å². The predicted octanol–water partition coefficient (Wildman–Crippen LogP) is -1.94. The van der Waals surface area contributed by atoms with E-state index in [0.717, 1.165) is 0 Å². The monoisotopic (exact) mass is 203 g/mol. The van der Waals surface area contributed by atoms with E-state index in [9.17, 15) is 4.79 Å². The van der Waals surface area contributed by atoms with Crippen molar-refractivity contribution in [2.75, 3.05) is 26.4 Å². The smallest absolute Gasteiger partial charge is 0.250 e. The van der Waals surface area contributed by atoms with Crippen molar-refractivity contribution in [3.05, 3.63) is 0 Å². The molecule has 1 aliphatic rings. The van der Waals surface area contributed by atoms with Crippen molar-refractivity contribution < 1.29 is 14.6 Å². The van der Waals surface area contributed by atoms with Gasteiger partial charge in [-0.3, -0.25) is 15.1 Å². The average Bonchev–Trinajstić information content (AvgIpc) is 2.26. The summed E-state index contributed by atoms with van der Waals surface area (Å²) in [7, 11) is 0. The Labute approximate surface area is 83.0 Å². The first-order valence-corrected chi connectivity index (χ1v) is 4.65. The third-order valence-electron chi connectivity index (χ3n) is 2.50. The highest BCUT2D eigenvalue weighted by molar-refractivity contribution is 5.80. The molecule has 0 aromatic heterocycles. The Hall–Kier alpha value is -0.690. The van der Waals surface area contributed by atoms with E-state index < -0.39 is 0 Å². The highest BCUT2D eigenvalue weighted by Crippen LogP contribution is 2.10. The number of morpholine rings is 1. The van der Waals surface area contributed by atoms with Crippen molar-refractivity contribution in [3.8, 4) is 0 Å². The van der Waals surface area contributed by atoms with Crippen molar-refractivity contribution in [2.45, 2.75) is 19.0 Å². The van der Waals surface area contributed by atoms with Crippen LogP contribution in [0.5, 0.6) is 0 Å². The minimum atomic E-state index is -0.332. The maximum absolute atomic E-state index is 11.3. The Kier molecular flexibility index (Phi) is 4.27. The molecule has 2 atom stereocenters. The van der Waals surface area contributed by atoms with E-state index in [1.54, 1.807) is 6.92 Å². The average molecular weight is 203 g/mol. The molecule has 2 unspecified atom stereocenters. The number of hydrazine groups is 1. The number of nitrogens with two attached hydrogens (primary N) is 1. The summed E-state index contributed by atoms with van der Waals surface area (Å²) in [4.78, 5) is 13.2. The molecule has 4 N–H and O–H groups in total. The number of ether oxygens (including phenoxy) is 1. The topological polar surface area (TPSA) is 87.8 Å². The molecule has 0 aromatic carbocycles. The van der Waals surface area contributed by atoms with Crippen LogP contribution in [0.1, 0.15) is 6.92 Å². The zero-order valence-corrected chi connectivity index (χ0v) is 8.27. The first-order valence-electron chi connectivity index (χ1n) is 4.65. The maximum Gasteiger partial charge on any atom is 0.250 e. The Morgan fingerprint density at radius 3 is 3.14 bits per heavy atom. The summed E-state index contributed by atoms with van der Waals surface area (Å²) in [5.41, 5.74) is 2.10. The lowest BCUT2D eigenvalue weighted by atomic mass is 10.1. The summed E-state index contributed by atoms with van der Waals surface area (Å²) in [5.74, 6) is 4.80. The van der Waals surface area contributed by atoms with E-state index >= 15 is 0 Å². The number of carbonyl (C=O) groups excluding carboxylic acids is 1. The van der Waals surface area contributed by atoms with E-state index in [1.807, 2.05) is 4.90 Å². The summed E-state index contributed by atoms with van der Waals surface area (Å²) in [6, 6.07) is -0.447. The van der Waals surface area contributed by atoms with E-state index in [0.29, 0.717) is 19.8 Å². The fourth-order valence-electron chi connectivity index (χ4n) is 1.61. The van der Waals surface area contributed by atoms with Gasteiger partial charge in [-0.25, -0.2) is 5.84 Å². The molecule has 0 radical (unpaired) electrons. The van der Waals surface area contributed by atoms with Gasteiger partial charge in [-0.15, -0.1) is 0 Å². The number of aliphatic hydroxyl groups is 1. The molecular weight excluding hydrogens is 186 g/mol. The summed E-state index contributed by atoms with van der Waals surface area (Å²) in [5, 5.41) is 9.08. The molecule has 1 amide bonds. The number of amides is 1. The fourth-order valence-corrected chi connectivity index (χ4v) is 1.61. The predicted molar refractivity (Wildman–Crippen MR) is 50.2 cm³/mol. The SMILES string of the molecule is CC(C(=O)NN)N1CCOCC1CO. The summed E-state index contributed by atoms with van der Waals surface area (Å²) >= 11 is 0. The van der Waals surface area contributed by atoms with E-state index in [4.69, 9.17) is 15.7 Å². The molecule has 1 heterocycles. The third kappa shape index (κ3) is 2.42. The van der Waals surface area contributed by atoms with Gasteiger partial charge in [0.25, 0.3) is 5.91 Å². The van der Waals surface area contributed by atoms with Crippen molar-refractivity contribution in [3.63, 3.8) is 0 Å². The highest BCUT2D eigenvalue weighted by atomic mass is 16.5. The molecule has 1 rings (SSSR count). The van der Waals surface area contributed by atoms with Gasteiger partial charge < -0.3 is 9.84 Å². The molecule has 0 saturated carbocycles. The molecule has 14 heavy (non-hydrogen) atoms. The third-order valence-corrected chi connectivity index (χ3v) is 2.50. The molecule has 0 bridgehead atoms. The summed E-state index contributed by atoms with van der Waals surface area (Å²) in [6.45, 7) is 3.43. The van der Waals surface area contributed by atoms with Gasteiger partial charge in [0, 0.05) is 6.54 Å². The number of nitrogens with zero attached hydrogens (tertiary/aromatic N) is 1. The molecule has 1 fully saturated rings. The van der Waals surface area contributed by atoms with Crippen molar-refractivity contribution >= 4 is 5.91 Å². The van der Waals surface area contributed by atoms with Crippen molar-refractivity contribution in [1.29, 1.82) is 0 Å². The molecule has 0 spiro atoms. The Bertz CT molecular complexity index is 200. The zero-order valence-electron chi connectivity index (χ0n) is 8.27. The lowest BCUT2D eigenvalue weighted by molar-refractivity contribution is -0.130. The largest absolute Gasteiger partial charge is 0.395 e. The van der Waals surface area contributed by atoms with Crippen molar-refractivity contribution in [1.82, 2.24) is 10.3 Å². The summed E-state index contributed by atoms with van der Waals surface area (Å²) in [6.07, 6.45) is 0. The normalized spacial score (nSPS) is 25.8. The lowest BCUT2D eigenvalue weighted by Gasteiger charge is -2.37. The van der Waals surface area contributed by atoms with Crippen LogP contribution in [-0.4, -0.2) is 54.4 Å². The number of hydrogen-bond donors (Lipinski definition) is 3. The number of hydrogen-bond acceptors (Lipinski definition) is 5. The molecule has 6 heteroatoms. The quantitative estimate of drug-likeness (QED) is 0.282. The van der Waals surface area contributed by atoms with Crippen LogP contribution in [0.2, 0.25) is 0 Å². The maximum atomic E-state index is 11.3. The molecule has 1 aliphatic heterocycles. The second-order valence-electron chi connectivity index (χ2n) is 3.33. The number of carbonyl (C=O) groups is 1. The number of aliphatic hydroxyl groups excluding tert-OH is 1. The van der Waals surface area contributed by atoms with Gasteiger partial charge in [0.2, 0.25) is 0 Å². The first-order chi connectivity index (χ1) is 6.70. The first kappa shape index (κ1) is 11.4.